The number of nitrogens with two attached hydrogens (primary N) is 1. The van der Waals surface area contributed by atoms with E-state index in [4.69, 9.17) is 10.5 Å². The molecule has 0 saturated heterocycles. The fourth-order valence-electron chi connectivity index (χ4n) is 2.94. The Hall–Kier alpha value is -3.54. The van der Waals surface area contributed by atoms with Crippen LogP contribution in [-0.4, -0.2) is 20.2 Å². The Morgan fingerprint density at radius 1 is 1.56 bits per heavy atom. The van der Waals surface area contributed by atoms with Crippen molar-refractivity contribution in [3.63, 3.8) is 0 Å². The van der Waals surface area contributed by atoms with Gasteiger partial charge in [0.05, 0.1) is 22.1 Å². The minimum Gasteiger partial charge on any atom is -0.502 e. The maximum absolute atomic E-state index is 11.1. The van der Waals surface area contributed by atoms with E-state index in [2.05, 4.69) is 10.2 Å². The fraction of sp³-hybridized carbons (Fsp3) is 0.250. The molecule has 0 spiro atoms. The van der Waals surface area contributed by atoms with Gasteiger partial charge in [-0.3, -0.25) is 10.1 Å². The largest absolute Gasteiger partial charge is 0.502 e. The number of nitro benzene ring substituents is 1. The predicted octanol–water partition coefficient (Wildman–Crippen LogP) is 2.19. The first kappa shape index (κ1) is 16.3. The molecule has 2 heterocycles. The van der Waals surface area contributed by atoms with E-state index in [0.717, 1.165) is 6.42 Å². The van der Waals surface area contributed by atoms with E-state index in [1.807, 2.05) is 13.0 Å². The zero-order chi connectivity index (χ0) is 18.1. The van der Waals surface area contributed by atoms with Crippen molar-refractivity contribution < 1.29 is 14.8 Å². The number of phenols is 1. The highest BCUT2D eigenvalue weighted by Crippen LogP contribution is 2.44. The van der Waals surface area contributed by atoms with Crippen molar-refractivity contribution in [1.29, 1.82) is 5.26 Å². The first-order chi connectivity index (χ1) is 12.0. The van der Waals surface area contributed by atoms with Gasteiger partial charge < -0.3 is 15.6 Å². The van der Waals surface area contributed by atoms with E-state index < -0.39 is 22.3 Å². The molecule has 0 aliphatic carbocycles. The van der Waals surface area contributed by atoms with Crippen molar-refractivity contribution >= 4 is 5.69 Å². The number of nitriles is 1. The molecule has 9 heteroatoms. The number of aromatic amines is 1. The molecule has 0 fully saturated rings. The zero-order valence-corrected chi connectivity index (χ0v) is 13.3. The Kier molecular flexibility index (Phi) is 4.02. The number of aromatic hydroxyl groups is 1. The van der Waals surface area contributed by atoms with Gasteiger partial charge in [0.2, 0.25) is 11.8 Å². The minimum absolute atomic E-state index is 0.0811. The van der Waals surface area contributed by atoms with Gasteiger partial charge in [-0.2, -0.15) is 10.4 Å². The Bertz CT molecular complexity index is 925. The Morgan fingerprint density at radius 2 is 2.32 bits per heavy atom. The standard InChI is InChI=1S/C16H15N5O4/c1-2-3-10-14-13(8-4-5-12(22)11(6-8)21(23)24)9(7-17)15(18)25-16(14)20-19-10/h4-6,13,22H,2-3,18H2,1H3,(H,19,20). The summed E-state index contributed by atoms with van der Waals surface area (Å²) < 4.78 is 5.45. The third-order valence-corrected chi connectivity index (χ3v) is 4.04. The summed E-state index contributed by atoms with van der Waals surface area (Å²) >= 11 is 0. The molecule has 0 amide bonds. The number of ether oxygens (including phenoxy) is 1. The molecule has 0 saturated carbocycles. The Morgan fingerprint density at radius 3 is 2.96 bits per heavy atom. The lowest BCUT2D eigenvalue weighted by atomic mass is 9.83. The van der Waals surface area contributed by atoms with E-state index >= 15 is 0 Å². The summed E-state index contributed by atoms with van der Waals surface area (Å²) in [5, 5.41) is 37.3. The van der Waals surface area contributed by atoms with Gasteiger partial charge >= 0.3 is 5.69 Å². The number of fused-ring (bicyclic) bond motifs is 1. The fourth-order valence-corrected chi connectivity index (χ4v) is 2.94. The molecular weight excluding hydrogens is 326 g/mol. The first-order valence-corrected chi connectivity index (χ1v) is 7.59. The lowest BCUT2D eigenvalue weighted by Crippen LogP contribution is -2.21. The van der Waals surface area contributed by atoms with Crippen molar-refractivity contribution in [3.05, 3.63) is 56.6 Å². The lowest BCUT2D eigenvalue weighted by Gasteiger charge is -2.24. The summed E-state index contributed by atoms with van der Waals surface area (Å²) in [5.74, 6) is -0.867. The number of nitrogens with zero attached hydrogens (tertiary/aromatic N) is 3. The number of phenolic OH excluding ortho intramolecular Hbond substituents is 1. The summed E-state index contributed by atoms with van der Waals surface area (Å²) in [4.78, 5) is 10.5. The molecule has 25 heavy (non-hydrogen) atoms. The van der Waals surface area contributed by atoms with E-state index in [9.17, 15) is 20.5 Å². The number of hydrogen-bond acceptors (Lipinski definition) is 7. The van der Waals surface area contributed by atoms with E-state index in [1.165, 1.54) is 18.2 Å². The zero-order valence-electron chi connectivity index (χ0n) is 13.3. The molecule has 0 radical (unpaired) electrons. The smallest absolute Gasteiger partial charge is 0.311 e. The summed E-state index contributed by atoms with van der Waals surface area (Å²) in [6, 6.07) is 6.01. The predicted molar refractivity (Wildman–Crippen MR) is 86.6 cm³/mol. The molecule has 1 aromatic heterocycles. The first-order valence-electron chi connectivity index (χ1n) is 7.59. The van der Waals surface area contributed by atoms with Gasteiger partial charge in [0.25, 0.3) is 0 Å². The van der Waals surface area contributed by atoms with Crippen LogP contribution in [0.25, 0.3) is 0 Å². The van der Waals surface area contributed by atoms with Crippen LogP contribution in [0.4, 0.5) is 5.69 Å². The normalized spacial score (nSPS) is 16.1. The quantitative estimate of drug-likeness (QED) is 0.569. The van der Waals surface area contributed by atoms with Crippen LogP contribution < -0.4 is 10.5 Å². The molecular formula is C16H15N5O4. The van der Waals surface area contributed by atoms with E-state index in [1.54, 1.807) is 0 Å². The van der Waals surface area contributed by atoms with Crippen LogP contribution in [0.15, 0.2) is 29.7 Å². The number of rotatable bonds is 4. The Labute approximate surface area is 142 Å². The Balaban J connectivity index is 2.23. The number of H-pyrrole nitrogens is 1. The lowest BCUT2D eigenvalue weighted by molar-refractivity contribution is -0.385. The molecule has 1 aliphatic heterocycles. The second-order valence-corrected chi connectivity index (χ2v) is 5.59. The van der Waals surface area contributed by atoms with Gasteiger partial charge in [0.1, 0.15) is 11.6 Å². The van der Waals surface area contributed by atoms with Gasteiger partial charge in [-0.25, -0.2) is 5.10 Å². The summed E-state index contributed by atoms with van der Waals surface area (Å²) in [5.41, 5.74) is 7.34. The summed E-state index contributed by atoms with van der Waals surface area (Å²) in [6.45, 7) is 1.99. The second-order valence-electron chi connectivity index (χ2n) is 5.59. The van der Waals surface area contributed by atoms with Crippen LogP contribution in [0.1, 0.15) is 36.1 Å². The van der Waals surface area contributed by atoms with Crippen LogP contribution in [-0.2, 0) is 6.42 Å². The number of nitrogens with one attached hydrogen (secondary N) is 1. The van der Waals surface area contributed by atoms with Crippen molar-refractivity contribution in [1.82, 2.24) is 10.2 Å². The number of benzene rings is 1. The highest BCUT2D eigenvalue weighted by atomic mass is 16.6. The molecule has 9 nitrogen and oxygen atoms in total. The highest BCUT2D eigenvalue weighted by Gasteiger charge is 2.35. The van der Waals surface area contributed by atoms with Gasteiger partial charge in [0.15, 0.2) is 5.75 Å². The van der Waals surface area contributed by atoms with Crippen molar-refractivity contribution in [3.8, 4) is 17.7 Å². The van der Waals surface area contributed by atoms with Crippen molar-refractivity contribution in [2.45, 2.75) is 25.7 Å². The van der Waals surface area contributed by atoms with Crippen LogP contribution in [0.3, 0.4) is 0 Å². The van der Waals surface area contributed by atoms with Gasteiger partial charge in [-0.15, -0.1) is 0 Å². The highest BCUT2D eigenvalue weighted by molar-refractivity contribution is 5.58. The molecule has 4 N–H and O–H groups in total. The maximum Gasteiger partial charge on any atom is 0.311 e. The van der Waals surface area contributed by atoms with E-state index in [-0.39, 0.29) is 11.5 Å². The summed E-state index contributed by atoms with van der Waals surface area (Å²) in [6.07, 6.45) is 1.46. The molecule has 2 aromatic rings. The monoisotopic (exact) mass is 341 g/mol. The molecule has 1 unspecified atom stereocenters. The van der Waals surface area contributed by atoms with Gasteiger partial charge in [-0.1, -0.05) is 19.4 Å². The molecule has 1 aromatic carbocycles. The van der Waals surface area contributed by atoms with Crippen LogP contribution in [0.2, 0.25) is 0 Å². The molecule has 3 rings (SSSR count). The van der Waals surface area contributed by atoms with Gasteiger partial charge in [-0.05, 0) is 18.1 Å². The van der Waals surface area contributed by atoms with Gasteiger partial charge in [0, 0.05) is 6.07 Å². The number of allylic oxidation sites excluding steroid dienone is 1. The summed E-state index contributed by atoms with van der Waals surface area (Å²) in [7, 11) is 0. The van der Waals surface area contributed by atoms with E-state index in [0.29, 0.717) is 29.1 Å². The molecule has 128 valence electrons. The number of aryl methyl sites for hydroxylation is 1. The average molecular weight is 341 g/mol. The molecule has 0 bridgehead atoms. The average Bonchev–Trinajstić information content (AvgIpc) is 2.96. The van der Waals surface area contributed by atoms with Crippen molar-refractivity contribution in [2.75, 3.05) is 0 Å². The topological polar surface area (TPSA) is 151 Å². The number of hydrogen-bond donors (Lipinski definition) is 3. The second kappa shape index (κ2) is 6.16. The van der Waals surface area contributed by atoms with Crippen LogP contribution in [0, 0.1) is 21.4 Å². The minimum atomic E-state index is -0.680. The maximum atomic E-state index is 11.1. The third-order valence-electron chi connectivity index (χ3n) is 4.04. The molecule has 1 aliphatic rings. The number of aromatic nitrogens is 2. The number of nitro groups is 1. The third kappa shape index (κ3) is 2.63. The van der Waals surface area contributed by atoms with Crippen molar-refractivity contribution in [2.24, 2.45) is 5.73 Å². The van der Waals surface area contributed by atoms with Crippen LogP contribution >= 0.6 is 0 Å². The van der Waals surface area contributed by atoms with Crippen LogP contribution in [0.5, 0.6) is 11.6 Å². The molecule has 1 atom stereocenters. The SMILES string of the molecule is CCCc1n[nH]c2c1C(c1ccc(O)c([N+](=O)[O-])c1)C(C#N)=C(N)O2.